The number of thiophene rings is 2. The van der Waals surface area contributed by atoms with Crippen molar-refractivity contribution in [1.29, 1.82) is 0 Å². The third-order valence-electron chi connectivity index (χ3n) is 5.80. The number of amides is 2. The molecule has 5 rings (SSSR count). The number of hydrogen-bond acceptors (Lipinski definition) is 7. The molecule has 4 aromatic rings. The fourth-order valence-corrected chi connectivity index (χ4v) is 7.13. The van der Waals surface area contributed by atoms with Crippen LogP contribution < -0.4 is 16.6 Å². The standard InChI is InChI=1S/C24H22N4O3S3/c1-12-6-8-13(9-7-12)15-10-32-22-19(15)21(31)27-24(28-22)33-11-17(29)26-23-18(20(25)30)14-4-2-3-5-16(14)34-23/h6-10H,2-5,11H2,1H3,(H2,25,30)(H,26,29)(H,27,28,31). The van der Waals surface area contributed by atoms with Crippen LogP contribution in [0.25, 0.3) is 21.3 Å². The SMILES string of the molecule is Cc1ccc(-c2csc3nc(SCC(=O)Nc4sc5c(c4C(N)=O)CCCC5)[nH]c(=O)c23)cc1. The van der Waals surface area contributed by atoms with Gasteiger partial charge in [-0.3, -0.25) is 14.4 Å². The minimum absolute atomic E-state index is 0.0470. The number of H-pyrrole nitrogens is 1. The number of thioether (sulfide) groups is 1. The number of hydrogen-bond donors (Lipinski definition) is 3. The Morgan fingerprint density at radius 2 is 1.97 bits per heavy atom. The Bertz CT molecular complexity index is 1470. The fourth-order valence-electron chi connectivity index (χ4n) is 4.15. The predicted molar refractivity (Wildman–Crippen MR) is 139 cm³/mol. The molecular formula is C24H22N4O3S3. The van der Waals surface area contributed by atoms with Crippen LogP contribution in [0.15, 0.2) is 39.6 Å². The van der Waals surface area contributed by atoms with Gasteiger partial charge in [-0.15, -0.1) is 22.7 Å². The van der Waals surface area contributed by atoms with Crippen LogP contribution in [-0.2, 0) is 17.6 Å². The number of aromatic amines is 1. The zero-order chi connectivity index (χ0) is 23.8. The van der Waals surface area contributed by atoms with Crippen molar-refractivity contribution in [3.05, 3.63) is 61.6 Å². The van der Waals surface area contributed by atoms with Crippen molar-refractivity contribution in [2.75, 3.05) is 11.1 Å². The van der Waals surface area contributed by atoms with E-state index in [0.717, 1.165) is 64.6 Å². The summed E-state index contributed by atoms with van der Waals surface area (Å²) in [6.07, 6.45) is 3.81. The molecule has 0 fully saturated rings. The number of fused-ring (bicyclic) bond motifs is 2. The number of primary amides is 1. The van der Waals surface area contributed by atoms with Crippen molar-refractivity contribution in [3.8, 4) is 11.1 Å². The first-order valence-corrected chi connectivity index (χ1v) is 13.5. The first kappa shape index (κ1) is 22.8. The van der Waals surface area contributed by atoms with Gasteiger partial charge in [0.15, 0.2) is 5.16 Å². The number of carbonyl (C=O) groups excluding carboxylic acids is 2. The summed E-state index contributed by atoms with van der Waals surface area (Å²) < 4.78 is 0. The largest absolute Gasteiger partial charge is 0.365 e. The van der Waals surface area contributed by atoms with Crippen molar-refractivity contribution >= 4 is 61.5 Å². The van der Waals surface area contributed by atoms with E-state index >= 15 is 0 Å². The van der Waals surface area contributed by atoms with E-state index < -0.39 is 5.91 Å². The fraction of sp³-hybridized carbons (Fsp3) is 0.250. The molecule has 3 heterocycles. The summed E-state index contributed by atoms with van der Waals surface area (Å²) in [7, 11) is 0. The van der Waals surface area contributed by atoms with Gasteiger partial charge < -0.3 is 16.0 Å². The van der Waals surface area contributed by atoms with Crippen LogP contribution in [0.5, 0.6) is 0 Å². The van der Waals surface area contributed by atoms with Gasteiger partial charge in [0.1, 0.15) is 9.83 Å². The monoisotopic (exact) mass is 510 g/mol. The first-order chi connectivity index (χ1) is 16.4. The maximum atomic E-state index is 12.8. The Balaban J connectivity index is 1.32. The van der Waals surface area contributed by atoms with Crippen LogP contribution in [-0.4, -0.2) is 27.5 Å². The van der Waals surface area contributed by atoms with E-state index in [1.54, 1.807) is 0 Å². The average Bonchev–Trinajstić information content (AvgIpc) is 3.40. The summed E-state index contributed by atoms with van der Waals surface area (Å²) in [6, 6.07) is 8.01. The highest BCUT2D eigenvalue weighted by atomic mass is 32.2. The molecule has 0 radical (unpaired) electrons. The van der Waals surface area contributed by atoms with Crippen molar-refractivity contribution in [3.63, 3.8) is 0 Å². The van der Waals surface area contributed by atoms with Gasteiger partial charge in [0.25, 0.3) is 11.5 Å². The van der Waals surface area contributed by atoms with Gasteiger partial charge in [0, 0.05) is 15.8 Å². The van der Waals surface area contributed by atoms with E-state index in [-0.39, 0.29) is 17.2 Å². The van der Waals surface area contributed by atoms with E-state index in [0.29, 0.717) is 25.9 Å². The van der Waals surface area contributed by atoms with Crippen LogP contribution in [0, 0.1) is 6.92 Å². The van der Waals surface area contributed by atoms with E-state index in [4.69, 9.17) is 5.73 Å². The molecule has 2 amide bonds. The number of aromatic nitrogens is 2. The third kappa shape index (κ3) is 4.40. The highest BCUT2D eigenvalue weighted by Crippen LogP contribution is 2.38. The lowest BCUT2D eigenvalue weighted by molar-refractivity contribution is -0.113. The van der Waals surface area contributed by atoms with E-state index in [1.807, 2.05) is 36.6 Å². The molecule has 1 aliphatic carbocycles. The summed E-state index contributed by atoms with van der Waals surface area (Å²) >= 11 is 3.99. The zero-order valence-corrected chi connectivity index (χ0v) is 20.8. The summed E-state index contributed by atoms with van der Waals surface area (Å²) in [5.41, 5.74) is 9.76. The average molecular weight is 511 g/mol. The molecule has 0 unspecified atom stereocenters. The zero-order valence-electron chi connectivity index (χ0n) is 18.4. The minimum Gasteiger partial charge on any atom is -0.365 e. The summed E-state index contributed by atoms with van der Waals surface area (Å²) in [4.78, 5) is 46.6. The molecule has 0 atom stereocenters. The number of anilines is 1. The van der Waals surface area contributed by atoms with Crippen LogP contribution in [0.2, 0.25) is 0 Å². The Kier molecular flexibility index (Phi) is 6.28. The highest BCUT2D eigenvalue weighted by molar-refractivity contribution is 7.99. The predicted octanol–water partition coefficient (Wildman–Crippen LogP) is 4.73. The summed E-state index contributed by atoms with van der Waals surface area (Å²) in [6.45, 7) is 2.02. The lowest BCUT2D eigenvalue weighted by Gasteiger charge is -2.11. The number of aryl methyl sites for hydroxylation is 2. The molecule has 1 aromatic carbocycles. The maximum absolute atomic E-state index is 12.8. The number of benzene rings is 1. The molecule has 0 bridgehead atoms. The van der Waals surface area contributed by atoms with Crippen molar-refractivity contribution in [2.24, 2.45) is 5.73 Å². The lowest BCUT2D eigenvalue weighted by Crippen LogP contribution is -2.19. The van der Waals surface area contributed by atoms with E-state index in [2.05, 4.69) is 15.3 Å². The Morgan fingerprint density at radius 1 is 1.21 bits per heavy atom. The number of nitrogens with one attached hydrogen (secondary N) is 2. The van der Waals surface area contributed by atoms with Gasteiger partial charge in [-0.1, -0.05) is 41.6 Å². The molecule has 0 saturated heterocycles. The second kappa shape index (κ2) is 9.36. The molecule has 34 heavy (non-hydrogen) atoms. The maximum Gasteiger partial charge on any atom is 0.260 e. The first-order valence-electron chi connectivity index (χ1n) is 10.9. The van der Waals surface area contributed by atoms with Gasteiger partial charge in [-0.2, -0.15) is 0 Å². The van der Waals surface area contributed by atoms with Crippen LogP contribution >= 0.6 is 34.4 Å². The van der Waals surface area contributed by atoms with Gasteiger partial charge in [-0.25, -0.2) is 4.98 Å². The van der Waals surface area contributed by atoms with Crippen molar-refractivity contribution < 1.29 is 9.59 Å². The molecule has 0 aliphatic heterocycles. The number of carbonyl (C=O) groups is 2. The lowest BCUT2D eigenvalue weighted by atomic mass is 9.95. The van der Waals surface area contributed by atoms with Crippen LogP contribution in [0.4, 0.5) is 5.00 Å². The quantitative estimate of drug-likeness (QED) is 0.256. The molecule has 3 aromatic heterocycles. The van der Waals surface area contributed by atoms with Crippen LogP contribution in [0.1, 0.15) is 39.2 Å². The smallest absolute Gasteiger partial charge is 0.260 e. The van der Waals surface area contributed by atoms with Crippen molar-refractivity contribution in [1.82, 2.24) is 9.97 Å². The third-order valence-corrected chi connectivity index (χ3v) is 8.75. The summed E-state index contributed by atoms with van der Waals surface area (Å²) in [5.74, 6) is -0.743. The number of nitrogens with zero attached hydrogens (tertiary/aromatic N) is 1. The Hall–Kier alpha value is -2.95. The van der Waals surface area contributed by atoms with E-state index in [1.165, 1.54) is 22.7 Å². The molecule has 0 saturated carbocycles. The van der Waals surface area contributed by atoms with Crippen LogP contribution in [0.3, 0.4) is 0 Å². The highest BCUT2D eigenvalue weighted by Gasteiger charge is 2.25. The second-order valence-corrected chi connectivity index (χ2v) is 11.1. The minimum atomic E-state index is -0.513. The van der Waals surface area contributed by atoms with E-state index in [9.17, 15) is 14.4 Å². The van der Waals surface area contributed by atoms with Gasteiger partial charge in [-0.05, 0) is 43.7 Å². The molecule has 7 nitrogen and oxygen atoms in total. The number of nitrogens with two attached hydrogens (primary N) is 1. The second-order valence-electron chi connectivity index (χ2n) is 8.18. The van der Waals surface area contributed by atoms with Crippen molar-refractivity contribution in [2.45, 2.75) is 37.8 Å². The molecule has 10 heteroatoms. The topological polar surface area (TPSA) is 118 Å². The molecule has 1 aliphatic rings. The molecule has 0 spiro atoms. The molecular weight excluding hydrogens is 488 g/mol. The molecule has 4 N–H and O–H groups in total. The van der Waals surface area contributed by atoms with Gasteiger partial charge in [0.2, 0.25) is 5.91 Å². The number of rotatable bonds is 6. The van der Waals surface area contributed by atoms with Gasteiger partial charge in [0.05, 0.1) is 16.7 Å². The van der Waals surface area contributed by atoms with Gasteiger partial charge >= 0.3 is 0 Å². The molecule has 174 valence electrons. The normalized spacial score (nSPS) is 13.1. The Labute approximate surface area is 207 Å². The Morgan fingerprint density at radius 3 is 2.74 bits per heavy atom. The summed E-state index contributed by atoms with van der Waals surface area (Å²) in [5, 5.41) is 6.23.